The molecule has 0 saturated carbocycles. The lowest BCUT2D eigenvalue weighted by Crippen LogP contribution is -2.31. The zero-order valence-electron chi connectivity index (χ0n) is 12.9. The second kappa shape index (κ2) is 7.41. The molecule has 2 aromatic carbocycles. The summed E-state index contributed by atoms with van der Waals surface area (Å²) in [5, 5.41) is 3.56. The second-order valence-corrected chi connectivity index (χ2v) is 6.67. The van der Waals surface area contributed by atoms with Crippen LogP contribution in [0.4, 0.5) is 10.1 Å². The maximum absolute atomic E-state index is 13.0. The van der Waals surface area contributed by atoms with E-state index in [1.807, 2.05) is 0 Å². The first kappa shape index (κ1) is 17.1. The Labute approximate surface area is 150 Å². The molecule has 1 atom stereocenters. The minimum absolute atomic E-state index is 0.220. The highest BCUT2D eigenvalue weighted by molar-refractivity contribution is 6.43. The van der Waals surface area contributed by atoms with Gasteiger partial charge in [0.2, 0.25) is 0 Å². The first-order valence-electron chi connectivity index (χ1n) is 7.77. The molecule has 0 aromatic heterocycles. The minimum Gasteiger partial charge on any atom is -0.371 e. The number of hydrogen-bond donors (Lipinski definition) is 1. The van der Waals surface area contributed by atoms with Gasteiger partial charge in [0, 0.05) is 25.3 Å². The molecule has 1 N–H and O–H groups in total. The molecule has 0 aliphatic carbocycles. The molecule has 1 saturated heterocycles. The fourth-order valence-electron chi connectivity index (χ4n) is 2.90. The smallest absolute Gasteiger partial charge is 0.252 e. The molecule has 0 radical (unpaired) electrons. The van der Waals surface area contributed by atoms with Gasteiger partial charge in [-0.05, 0) is 48.7 Å². The maximum atomic E-state index is 13.0. The van der Waals surface area contributed by atoms with Crippen molar-refractivity contribution in [2.24, 2.45) is 5.92 Å². The first-order chi connectivity index (χ1) is 11.5. The number of amides is 1. The van der Waals surface area contributed by atoms with Crippen LogP contribution in [-0.4, -0.2) is 25.5 Å². The number of carbonyl (C=O) groups is 1. The molecule has 6 heteroatoms. The van der Waals surface area contributed by atoms with Crippen LogP contribution in [0.5, 0.6) is 0 Å². The Hall–Kier alpha value is -1.78. The molecule has 126 valence electrons. The molecule has 1 aliphatic rings. The molecule has 1 aliphatic heterocycles. The summed E-state index contributed by atoms with van der Waals surface area (Å²) < 4.78 is 13.0. The van der Waals surface area contributed by atoms with Crippen molar-refractivity contribution < 1.29 is 9.18 Å². The Balaban J connectivity index is 1.55. The Morgan fingerprint density at radius 1 is 1.21 bits per heavy atom. The molecule has 0 bridgehead atoms. The Morgan fingerprint density at radius 2 is 1.96 bits per heavy atom. The van der Waals surface area contributed by atoms with Gasteiger partial charge >= 0.3 is 0 Å². The normalized spacial score (nSPS) is 17.1. The van der Waals surface area contributed by atoms with Crippen LogP contribution in [0.15, 0.2) is 42.5 Å². The van der Waals surface area contributed by atoms with Gasteiger partial charge in [0.15, 0.2) is 0 Å². The fourth-order valence-corrected chi connectivity index (χ4v) is 3.28. The van der Waals surface area contributed by atoms with E-state index in [-0.39, 0.29) is 16.7 Å². The van der Waals surface area contributed by atoms with Gasteiger partial charge in [-0.1, -0.05) is 29.3 Å². The molecule has 0 spiro atoms. The zero-order chi connectivity index (χ0) is 17.1. The fraction of sp³-hybridized carbons (Fsp3) is 0.278. The quantitative estimate of drug-likeness (QED) is 0.870. The van der Waals surface area contributed by atoms with Gasteiger partial charge in [-0.3, -0.25) is 4.79 Å². The summed E-state index contributed by atoms with van der Waals surface area (Å²) in [5.41, 5.74) is 1.39. The molecule has 1 heterocycles. The zero-order valence-corrected chi connectivity index (χ0v) is 14.4. The van der Waals surface area contributed by atoms with E-state index in [0.29, 0.717) is 23.0 Å². The molecule has 2 aromatic rings. The van der Waals surface area contributed by atoms with Gasteiger partial charge in [-0.15, -0.1) is 0 Å². The largest absolute Gasteiger partial charge is 0.371 e. The molecular formula is C18H17Cl2FN2O. The van der Waals surface area contributed by atoms with E-state index in [0.717, 1.165) is 25.2 Å². The van der Waals surface area contributed by atoms with E-state index in [4.69, 9.17) is 23.2 Å². The van der Waals surface area contributed by atoms with Crippen molar-refractivity contribution in [2.45, 2.75) is 6.42 Å². The number of hydrogen-bond acceptors (Lipinski definition) is 2. The second-order valence-electron chi connectivity index (χ2n) is 5.89. The standard InChI is InChI=1S/C18H17Cl2FN2O/c19-16-3-1-2-15(17(16)20)18(24)22-10-12-8-9-23(11-12)14-6-4-13(21)5-7-14/h1-7,12H,8-11H2,(H,22,24). The monoisotopic (exact) mass is 366 g/mol. The third kappa shape index (κ3) is 3.82. The van der Waals surface area contributed by atoms with Crippen LogP contribution >= 0.6 is 23.2 Å². The van der Waals surface area contributed by atoms with Crippen LogP contribution in [-0.2, 0) is 0 Å². The Kier molecular flexibility index (Phi) is 5.27. The van der Waals surface area contributed by atoms with Crippen molar-refractivity contribution in [2.75, 3.05) is 24.5 Å². The lowest BCUT2D eigenvalue weighted by Gasteiger charge is -2.19. The summed E-state index contributed by atoms with van der Waals surface area (Å²) >= 11 is 12.0. The van der Waals surface area contributed by atoms with Gasteiger partial charge in [0.05, 0.1) is 15.6 Å². The number of nitrogens with zero attached hydrogens (tertiary/aromatic N) is 1. The number of halogens is 3. The van der Waals surface area contributed by atoms with Crippen LogP contribution in [0, 0.1) is 11.7 Å². The van der Waals surface area contributed by atoms with Gasteiger partial charge in [0.25, 0.3) is 5.91 Å². The summed E-state index contributed by atoms with van der Waals surface area (Å²) in [6, 6.07) is 11.5. The molecule has 3 nitrogen and oxygen atoms in total. The number of nitrogens with one attached hydrogen (secondary N) is 1. The van der Waals surface area contributed by atoms with Gasteiger partial charge in [-0.25, -0.2) is 4.39 Å². The van der Waals surface area contributed by atoms with Crippen LogP contribution in [0.25, 0.3) is 0 Å². The summed E-state index contributed by atoms with van der Waals surface area (Å²) in [5.74, 6) is -0.111. The van der Waals surface area contributed by atoms with Crippen LogP contribution in [0.3, 0.4) is 0 Å². The van der Waals surface area contributed by atoms with E-state index >= 15 is 0 Å². The average Bonchev–Trinajstić information content (AvgIpc) is 3.05. The van der Waals surface area contributed by atoms with Crippen molar-refractivity contribution in [1.82, 2.24) is 5.32 Å². The van der Waals surface area contributed by atoms with Gasteiger partial charge in [0.1, 0.15) is 5.82 Å². The van der Waals surface area contributed by atoms with E-state index < -0.39 is 0 Å². The molecule has 3 rings (SSSR count). The van der Waals surface area contributed by atoms with E-state index in [9.17, 15) is 9.18 Å². The molecule has 1 fully saturated rings. The van der Waals surface area contributed by atoms with Crippen LogP contribution in [0.2, 0.25) is 10.0 Å². The number of carbonyl (C=O) groups excluding carboxylic acids is 1. The number of benzene rings is 2. The molecule has 1 unspecified atom stereocenters. The van der Waals surface area contributed by atoms with Gasteiger partial charge in [-0.2, -0.15) is 0 Å². The summed E-state index contributed by atoms with van der Waals surface area (Å²) in [6.07, 6.45) is 0.973. The lowest BCUT2D eigenvalue weighted by molar-refractivity contribution is 0.0948. The number of anilines is 1. The highest BCUT2D eigenvalue weighted by Crippen LogP contribution is 2.26. The summed E-state index contributed by atoms with van der Waals surface area (Å²) in [7, 11) is 0. The van der Waals surface area contributed by atoms with Crippen LogP contribution < -0.4 is 10.2 Å². The van der Waals surface area contributed by atoms with E-state index in [1.54, 1.807) is 30.3 Å². The van der Waals surface area contributed by atoms with Crippen molar-refractivity contribution in [3.8, 4) is 0 Å². The van der Waals surface area contributed by atoms with Gasteiger partial charge < -0.3 is 10.2 Å². The SMILES string of the molecule is O=C(NCC1CCN(c2ccc(F)cc2)C1)c1cccc(Cl)c1Cl. The number of rotatable bonds is 4. The minimum atomic E-state index is -0.236. The average molecular weight is 367 g/mol. The van der Waals surface area contributed by atoms with E-state index in [1.165, 1.54) is 12.1 Å². The maximum Gasteiger partial charge on any atom is 0.252 e. The summed E-state index contributed by atoms with van der Waals surface area (Å²) in [6.45, 7) is 2.29. The lowest BCUT2D eigenvalue weighted by atomic mass is 10.1. The molecule has 1 amide bonds. The first-order valence-corrected chi connectivity index (χ1v) is 8.53. The Morgan fingerprint density at radius 3 is 2.71 bits per heavy atom. The molecule has 24 heavy (non-hydrogen) atoms. The predicted octanol–water partition coefficient (Wildman–Crippen LogP) is 4.39. The third-order valence-corrected chi connectivity index (χ3v) is 5.04. The van der Waals surface area contributed by atoms with E-state index in [2.05, 4.69) is 10.2 Å². The summed E-state index contributed by atoms with van der Waals surface area (Å²) in [4.78, 5) is 14.5. The van der Waals surface area contributed by atoms with Crippen LogP contribution in [0.1, 0.15) is 16.8 Å². The van der Waals surface area contributed by atoms with Crippen molar-refractivity contribution in [3.05, 3.63) is 63.9 Å². The van der Waals surface area contributed by atoms with Crippen molar-refractivity contribution in [1.29, 1.82) is 0 Å². The highest BCUT2D eigenvalue weighted by atomic mass is 35.5. The topological polar surface area (TPSA) is 32.3 Å². The molecular weight excluding hydrogens is 350 g/mol. The predicted molar refractivity (Wildman–Crippen MR) is 95.5 cm³/mol. The Bertz CT molecular complexity index is 736. The highest BCUT2D eigenvalue weighted by Gasteiger charge is 2.23. The third-order valence-electron chi connectivity index (χ3n) is 4.23. The van der Waals surface area contributed by atoms with Crippen molar-refractivity contribution >= 4 is 34.8 Å². The van der Waals surface area contributed by atoms with Crippen molar-refractivity contribution in [3.63, 3.8) is 0 Å².